The third-order valence-electron chi connectivity index (χ3n) is 3.65. The largest absolute Gasteiger partial charge is 0.375 e. The number of rotatable bonds is 6. The Hall–Kier alpha value is -0.0800. The van der Waals surface area contributed by atoms with E-state index in [-0.39, 0.29) is 5.60 Å². The van der Waals surface area contributed by atoms with Crippen LogP contribution in [0.15, 0.2) is 0 Å². The second-order valence-corrected chi connectivity index (χ2v) is 5.95. The van der Waals surface area contributed by atoms with E-state index in [1.54, 1.807) is 0 Å². The summed E-state index contributed by atoms with van der Waals surface area (Å²) in [4.78, 5) is 0. The SMILES string of the molecule is CCOC(C)(C)CNCC1CCC(C)CC1. The summed E-state index contributed by atoms with van der Waals surface area (Å²) in [5, 5.41) is 3.57. The molecule has 0 bridgehead atoms. The Kier molecular flexibility index (Phi) is 5.77. The molecule has 2 heteroatoms. The maximum Gasteiger partial charge on any atom is 0.0750 e. The molecule has 0 aliphatic heterocycles. The lowest BCUT2D eigenvalue weighted by Crippen LogP contribution is -2.40. The Balaban J connectivity index is 2.11. The summed E-state index contributed by atoms with van der Waals surface area (Å²) in [5.41, 5.74) is -0.0172. The smallest absolute Gasteiger partial charge is 0.0750 e. The van der Waals surface area contributed by atoms with Gasteiger partial charge in [-0.25, -0.2) is 0 Å². The normalized spacial score (nSPS) is 27.0. The van der Waals surface area contributed by atoms with Gasteiger partial charge in [-0.3, -0.25) is 0 Å². The molecule has 0 radical (unpaired) electrons. The molecule has 16 heavy (non-hydrogen) atoms. The Morgan fingerprint density at radius 1 is 1.19 bits per heavy atom. The second-order valence-electron chi connectivity index (χ2n) is 5.95. The Labute approximate surface area is 101 Å². The minimum absolute atomic E-state index is 0.0172. The van der Waals surface area contributed by atoms with Crippen LogP contribution in [0.1, 0.15) is 53.4 Å². The topological polar surface area (TPSA) is 21.3 Å². The van der Waals surface area contributed by atoms with E-state index in [0.717, 1.165) is 25.0 Å². The van der Waals surface area contributed by atoms with Crippen LogP contribution >= 0.6 is 0 Å². The van der Waals surface area contributed by atoms with E-state index in [1.165, 1.54) is 32.2 Å². The first kappa shape index (κ1) is 14.0. The molecule has 0 spiro atoms. The van der Waals surface area contributed by atoms with Crippen molar-refractivity contribution in [2.75, 3.05) is 19.7 Å². The van der Waals surface area contributed by atoms with Gasteiger partial charge in [0.05, 0.1) is 5.60 Å². The van der Waals surface area contributed by atoms with Crippen molar-refractivity contribution >= 4 is 0 Å². The summed E-state index contributed by atoms with van der Waals surface area (Å²) in [6.07, 6.45) is 5.65. The van der Waals surface area contributed by atoms with Crippen LogP contribution in [-0.2, 0) is 4.74 Å². The molecule has 1 fully saturated rings. The zero-order valence-electron chi connectivity index (χ0n) is 11.5. The monoisotopic (exact) mass is 227 g/mol. The van der Waals surface area contributed by atoms with Crippen molar-refractivity contribution in [2.24, 2.45) is 11.8 Å². The lowest BCUT2D eigenvalue weighted by atomic mass is 9.83. The van der Waals surface area contributed by atoms with Crippen LogP contribution in [0.5, 0.6) is 0 Å². The average molecular weight is 227 g/mol. The molecule has 0 aromatic heterocycles. The van der Waals surface area contributed by atoms with Crippen LogP contribution in [0, 0.1) is 11.8 Å². The first-order valence-electron chi connectivity index (χ1n) is 6.88. The van der Waals surface area contributed by atoms with Gasteiger partial charge < -0.3 is 10.1 Å². The average Bonchev–Trinajstić information content (AvgIpc) is 2.20. The number of hydrogen-bond acceptors (Lipinski definition) is 2. The highest BCUT2D eigenvalue weighted by molar-refractivity contribution is 4.75. The first-order chi connectivity index (χ1) is 7.53. The van der Waals surface area contributed by atoms with Gasteiger partial charge in [0.2, 0.25) is 0 Å². The maximum atomic E-state index is 5.67. The van der Waals surface area contributed by atoms with E-state index in [0.29, 0.717) is 0 Å². The van der Waals surface area contributed by atoms with Crippen LogP contribution in [0.2, 0.25) is 0 Å². The molecule has 1 rings (SSSR count). The Bertz CT molecular complexity index is 183. The van der Waals surface area contributed by atoms with E-state index in [2.05, 4.69) is 33.0 Å². The zero-order chi connectivity index (χ0) is 12.0. The highest BCUT2D eigenvalue weighted by Crippen LogP contribution is 2.27. The molecule has 1 saturated carbocycles. The fraction of sp³-hybridized carbons (Fsp3) is 1.00. The van der Waals surface area contributed by atoms with Gasteiger partial charge in [0, 0.05) is 13.2 Å². The quantitative estimate of drug-likeness (QED) is 0.752. The van der Waals surface area contributed by atoms with Gasteiger partial charge in [-0.2, -0.15) is 0 Å². The lowest BCUT2D eigenvalue weighted by molar-refractivity contribution is -0.00951. The molecule has 0 atom stereocenters. The molecule has 0 aromatic rings. The summed E-state index contributed by atoms with van der Waals surface area (Å²) in [7, 11) is 0. The van der Waals surface area contributed by atoms with Crippen molar-refractivity contribution in [1.82, 2.24) is 5.32 Å². The molecule has 0 heterocycles. The molecule has 0 aromatic carbocycles. The molecule has 1 aliphatic carbocycles. The Morgan fingerprint density at radius 3 is 2.38 bits per heavy atom. The highest BCUT2D eigenvalue weighted by Gasteiger charge is 2.20. The lowest BCUT2D eigenvalue weighted by Gasteiger charge is -2.29. The van der Waals surface area contributed by atoms with Crippen LogP contribution < -0.4 is 5.32 Å². The molecule has 0 saturated heterocycles. The van der Waals surface area contributed by atoms with E-state index in [1.807, 2.05) is 0 Å². The van der Waals surface area contributed by atoms with Gasteiger partial charge in [0.25, 0.3) is 0 Å². The molecule has 1 aliphatic rings. The third-order valence-corrected chi connectivity index (χ3v) is 3.65. The molecular formula is C14H29NO. The van der Waals surface area contributed by atoms with Gasteiger partial charge in [-0.15, -0.1) is 0 Å². The van der Waals surface area contributed by atoms with E-state index >= 15 is 0 Å². The molecule has 0 unspecified atom stereocenters. The maximum absolute atomic E-state index is 5.67. The van der Waals surface area contributed by atoms with Crippen molar-refractivity contribution in [3.63, 3.8) is 0 Å². The van der Waals surface area contributed by atoms with Crippen LogP contribution in [-0.4, -0.2) is 25.3 Å². The van der Waals surface area contributed by atoms with Crippen molar-refractivity contribution in [3.8, 4) is 0 Å². The zero-order valence-corrected chi connectivity index (χ0v) is 11.5. The van der Waals surface area contributed by atoms with Gasteiger partial charge in [0.15, 0.2) is 0 Å². The summed E-state index contributed by atoms with van der Waals surface area (Å²) in [6.45, 7) is 11.7. The van der Waals surface area contributed by atoms with E-state index < -0.39 is 0 Å². The highest BCUT2D eigenvalue weighted by atomic mass is 16.5. The molecule has 96 valence electrons. The summed E-state index contributed by atoms with van der Waals surface area (Å²) in [5.74, 6) is 1.85. The molecular weight excluding hydrogens is 198 g/mol. The number of hydrogen-bond donors (Lipinski definition) is 1. The van der Waals surface area contributed by atoms with Crippen molar-refractivity contribution in [2.45, 2.75) is 59.0 Å². The molecule has 2 nitrogen and oxygen atoms in total. The van der Waals surface area contributed by atoms with Gasteiger partial charge >= 0.3 is 0 Å². The molecule has 0 amide bonds. The van der Waals surface area contributed by atoms with Gasteiger partial charge in [-0.05, 0) is 52.0 Å². The summed E-state index contributed by atoms with van der Waals surface area (Å²) in [6, 6.07) is 0. The number of ether oxygens (including phenoxy) is 1. The second kappa shape index (κ2) is 6.61. The molecule has 1 N–H and O–H groups in total. The first-order valence-corrected chi connectivity index (χ1v) is 6.88. The third kappa shape index (κ3) is 5.31. The van der Waals surface area contributed by atoms with E-state index in [9.17, 15) is 0 Å². The summed E-state index contributed by atoms with van der Waals surface area (Å²) >= 11 is 0. The number of nitrogens with one attached hydrogen (secondary N) is 1. The predicted octanol–water partition coefficient (Wildman–Crippen LogP) is 3.22. The van der Waals surface area contributed by atoms with Crippen LogP contribution in [0.3, 0.4) is 0 Å². The standard InChI is InChI=1S/C14H29NO/c1-5-16-14(3,4)11-15-10-13-8-6-12(2)7-9-13/h12-13,15H,5-11H2,1-4H3. The predicted molar refractivity (Wildman–Crippen MR) is 69.7 cm³/mol. The van der Waals surface area contributed by atoms with Gasteiger partial charge in [0.1, 0.15) is 0 Å². The fourth-order valence-corrected chi connectivity index (χ4v) is 2.55. The van der Waals surface area contributed by atoms with Gasteiger partial charge in [-0.1, -0.05) is 19.8 Å². The minimum atomic E-state index is -0.0172. The van der Waals surface area contributed by atoms with Crippen LogP contribution in [0.4, 0.5) is 0 Å². The Morgan fingerprint density at radius 2 is 1.81 bits per heavy atom. The minimum Gasteiger partial charge on any atom is -0.375 e. The van der Waals surface area contributed by atoms with E-state index in [4.69, 9.17) is 4.74 Å². The fourth-order valence-electron chi connectivity index (χ4n) is 2.55. The van der Waals surface area contributed by atoms with Crippen molar-refractivity contribution in [1.29, 1.82) is 0 Å². The van der Waals surface area contributed by atoms with Crippen LogP contribution in [0.25, 0.3) is 0 Å². The summed E-state index contributed by atoms with van der Waals surface area (Å²) < 4.78 is 5.67. The van der Waals surface area contributed by atoms with Crippen molar-refractivity contribution in [3.05, 3.63) is 0 Å². The van der Waals surface area contributed by atoms with Crippen molar-refractivity contribution < 1.29 is 4.74 Å².